The second-order valence-corrected chi connectivity index (χ2v) is 6.48. The summed E-state index contributed by atoms with van der Waals surface area (Å²) in [5.74, 6) is 0.922. The fourth-order valence-corrected chi connectivity index (χ4v) is 3.44. The molecule has 0 aliphatic heterocycles. The summed E-state index contributed by atoms with van der Waals surface area (Å²) >= 11 is 3.61. The minimum Gasteiger partial charge on any atom is -0.497 e. The Morgan fingerprint density at radius 3 is 2.68 bits per heavy atom. The fraction of sp³-hybridized carbons (Fsp3) is 0.625. The Labute approximate surface area is 125 Å². The van der Waals surface area contributed by atoms with Crippen LogP contribution in [0, 0.1) is 5.41 Å². The van der Waals surface area contributed by atoms with Gasteiger partial charge in [0, 0.05) is 17.6 Å². The first-order valence-electron chi connectivity index (χ1n) is 7.22. The van der Waals surface area contributed by atoms with Crippen LogP contribution in [0.15, 0.2) is 22.7 Å². The molecule has 1 aromatic rings. The Bertz CT molecular complexity index is 413. The maximum Gasteiger partial charge on any atom is 0.119 e. The highest BCUT2D eigenvalue weighted by atomic mass is 79.9. The van der Waals surface area contributed by atoms with E-state index in [4.69, 9.17) is 4.74 Å². The van der Waals surface area contributed by atoms with Gasteiger partial charge in [0.05, 0.1) is 7.11 Å². The number of hydrogen-bond acceptors (Lipinski definition) is 2. The molecule has 1 aromatic carbocycles. The third-order valence-corrected chi connectivity index (χ3v) is 5.26. The molecule has 19 heavy (non-hydrogen) atoms. The van der Waals surface area contributed by atoms with E-state index >= 15 is 0 Å². The summed E-state index contributed by atoms with van der Waals surface area (Å²) < 4.78 is 6.43. The summed E-state index contributed by atoms with van der Waals surface area (Å²) in [5, 5.41) is 3.64. The van der Waals surface area contributed by atoms with Gasteiger partial charge in [-0.05, 0) is 48.4 Å². The molecule has 0 saturated heterocycles. The number of halogens is 1. The number of nitrogens with one attached hydrogen (secondary N) is 1. The zero-order chi connectivity index (χ0) is 13.7. The van der Waals surface area contributed by atoms with Crippen molar-refractivity contribution in [2.75, 3.05) is 13.7 Å². The van der Waals surface area contributed by atoms with E-state index in [-0.39, 0.29) is 0 Å². The van der Waals surface area contributed by atoms with Crippen molar-refractivity contribution >= 4 is 15.9 Å². The average molecular weight is 326 g/mol. The summed E-state index contributed by atoms with van der Waals surface area (Å²) in [6.45, 7) is 4.36. The van der Waals surface area contributed by atoms with Crippen molar-refractivity contribution < 1.29 is 4.74 Å². The van der Waals surface area contributed by atoms with Crippen LogP contribution in [0.3, 0.4) is 0 Å². The highest BCUT2D eigenvalue weighted by Gasteiger charge is 2.31. The molecule has 0 unspecified atom stereocenters. The Kier molecular flexibility index (Phi) is 5.28. The van der Waals surface area contributed by atoms with E-state index < -0.39 is 0 Å². The lowest BCUT2D eigenvalue weighted by Crippen LogP contribution is -2.31. The van der Waals surface area contributed by atoms with Crippen LogP contribution in [-0.2, 0) is 6.54 Å². The molecule has 1 saturated carbocycles. The number of hydrogen-bond donors (Lipinski definition) is 1. The maximum absolute atomic E-state index is 5.28. The third kappa shape index (κ3) is 3.73. The van der Waals surface area contributed by atoms with Gasteiger partial charge in [-0.25, -0.2) is 0 Å². The largest absolute Gasteiger partial charge is 0.497 e. The number of ether oxygens (including phenoxy) is 1. The Morgan fingerprint density at radius 2 is 2.05 bits per heavy atom. The summed E-state index contributed by atoms with van der Waals surface area (Å²) in [4.78, 5) is 0. The van der Waals surface area contributed by atoms with Gasteiger partial charge in [-0.15, -0.1) is 0 Å². The molecule has 2 nitrogen and oxygen atoms in total. The molecule has 3 heteroatoms. The standard InChI is InChI=1S/C16H24BrNO/c1-3-16(8-4-5-9-16)12-18-11-13-10-14(19-2)6-7-15(13)17/h6-7,10,18H,3-5,8-9,11-12H2,1-2H3. The molecule has 0 amide bonds. The van der Waals surface area contributed by atoms with E-state index in [2.05, 4.69) is 40.3 Å². The van der Waals surface area contributed by atoms with Gasteiger partial charge >= 0.3 is 0 Å². The first kappa shape index (κ1) is 14.9. The normalized spacial score (nSPS) is 17.6. The first-order chi connectivity index (χ1) is 9.19. The second-order valence-electron chi connectivity index (χ2n) is 5.62. The molecule has 0 radical (unpaired) electrons. The average Bonchev–Trinajstić information content (AvgIpc) is 2.90. The van der Waals surface area contributed by atoms with Gasteiger partial charge in [-0.1, -0.05) is 35.7 Å². The molecule has 0 heterocycles. The summed E-state index contributed by atoms with van der Waals surface area (Å²) in [7, 11) is 1.71. The summed E-state index contributed by atoms with van der Waals surface area (Å²) in [6.07, 6.45) is 6.86. The van der Waals surface area contributed by atoms with Crippen LogP contribution >= 0.6 is 15.9 Å². The Balaban J connectivity index is 1.91. The van der Waals surface area contributed by atoms with Crippen LogP contribution in [0.25, 0.3) is 0 Å². The predicted molar refractivity (Wildman–Crippen MR) is 83.6 cm³/mol. The molecule has 2 rings (SSSR count). The van der Waals surface area contributed by atoms with Gasteiger partial charge < -0.3 is 10.1 Å². The molecule has 106 valence electrons. The van der Waals surface area contributed by atoms with Crippen molar-refractivity contribution in [2.24, 2.45) is 5.41 Å². The van der Waals surface area contributed by atoms with Crippen molar-refractivity contribution in [2.45, 2.75) is 45.6 Å². The SMILES string of the molecule is CCC1(CNCc2cc(OC)ccc2Br)CCCC1. The minimum absolute atomic E-state index is 0.547. The van der Waals surface area contributed by atoms with Gasteiger partial charge in [0.25, 0.3) is 0 Å². The van der Waals surface area contributed by atoms with E-state index in [1.54, 1.807) is 7.11 Å². The van der Waals surface area contributed by atoms with Crippen LogP contribution < -0.4 is 10.1 Å². The van der Waals surface area contributed by atoms with Crippen LogP contribution in [0.2, 0.25) is 0 Å². The van der Waals surface area contributed by atoms with E-state index in [0.29, 0.717) is 5.41 Å². The van der Waals surface area contributed by atoms with Gasteiger partial charge in [0.1, 0.15) is 5.75 Å². The third-order valence-electron chi connectivity index (χ3n) is 4.48. The topological polar surface area (TPSA) is 21.3 Å². The molecule has 0 spiro atoms. The number of benzene rings is 1. The maximum atomic E-state index is 5.28. The molecule has 1 N–H and O–H groups in total. The lowest BCUT2D eigenvalue weighted by molar-refractivity contribution is 0.268. The van der Waals surface area contributed by atoms with Crippen molar-refractivity contribution in [1.82, 2.24) is 5.32 Å². The monoisotopic (exact) mass is 325 g/mol. The van der Waals surface area contributed by atoms with Crippen LogP contribution in [0.1, 0.15) is 44.6 Å². The number of rotatable bonds is 6. The summed E-state index contributed by atoms with van der Waals surface area (Å²) in [6, 6.07) is 6.14. The molecule has 0 atom stereocenters. The second kappa shape index (κ2) is 6.76. The molecule has 0 aromatic heterocycles. The van der Waals surface area contributed by atoms with E-state index in [9.17, 15) is 0 Å². The van der Waals surface area contributed by atoms with Crippen molar-refractivity contribution in [3.8, 4) is 5.75 Å². The molecular formula is C16H24BrNO. The molecule has 1 aliphatic carbocycles. The highest BCUT2D eigenvalue weighted by molar-refractivity contribution is 9.10. The predicted octanol–water partition coefficient (Wildman–Crippen LogP) is 4.52. The molecule has 0 bridgehead atoms. The van der Waals surface area contributed by atoms with Gasteiger partial charge in [-0.2, -0.15) is 0 Å². The van der Waals surface area contributed by atoms with E-state index in [1.807, 2.05) is 6.07 Å². The highest BCUT2D eigenvalue weighted by Crippen LogP contribution is 2.40. The van der Waals surface area contributed by atoms with Crippen molar-refractivity contribution in [3.63, 3.8) is 0 Å². The zero-order valence-electron chi connectivity index (χ0n) is 12.0. The lowest BCUT2D eigenvalue weighted by Gasteiger charge is -2.28. The van der Waals surface area contributed by atoms with Crippen molar-refractivity contribution in [3.05, 3.63) is 28.2 Å². The molecular weight excluding hydrogens is 302 g/mol. The number of methoxy groups -OCH3 is 1. The molecule has 1 fully saturated rings. The Morgan fingerprint density at radius 1 is 1.32 bits per heavy atom. The van der Waals surface area contributed by atoms with E-state index in [0.717, 1.165) is 23.3 Å². The smallest absolute Gasteiger partial charge is 0.119 e. The Hall–Kier alpha value is -0.540. The minimum atomic E-state index is 0.547. The van der Waals surface area contributed by atoms with Crippen molar-refractivity contribution in [1.29, 1.82) is 0 Å². The summed E-state index contributed by atoms with van der Waals surface area (Å²) in [5.41, 5.74) is 1.81. The van der Waals surface area contributed by atoms with Gasteiger partial charge in [-0.3, -0.25) is 0 Å². The van der Waals surface area contributed by atoms with Crippen LogP contribution in [0.5, 0.6) is 5.75 Å². The molecule has 1 aliphatic rings. The van der Waals surface area contributed by atoms with Crippen LogP contribution in [0.4, 0.5) is 0 Å². The van der Waals surface area contributed by atoms with Crippen LogP contribution in [-0.4, -0.2) is 13.7 Å². The fourth-order valence-electron chi connectivity index (χ4n) is 3.06. The zero-order valence-corrected chi connectivity index (χ0v) is 13.6. The first-order valence-corrected chi connectivity index (χ1v) is 8.01. The van der Waals surface area contributed by atoms with E-state index in [1.165, 1.54) is 37.7 Å². The van der Waals surface area contributed by atoms with Gasteiger partial charge in [0.15, 0.2) is 0 Å². The van der Waals surface area contributed by atoms with Gasteiger partial charge in [0.2, 0.25) is 0 Å². The lowest BCUT2D eigenvalue weighted by atomic mass is 9.83. The quantitative estimate of drug-likeness (QED) is 0.830.